The molecule has 0 unspecified atom stereocenters. The van der Waals surface area contributed by atoms with Crippen molar-refractivity contribution in [2.75, 3.05) is 13.1 Å². The number of amides is 2. The van der Waals surface area contributed by atoms with E-state index in [-0.39, 0.29) is 22.4 Å². The molecular formula is C23H29N3O4S. The van der Waals surface area contributed by atoms with Crippen LogP contribution in [-0.4, -0.2) is 50.3 Å². The zero-order valence-corrected chi connectivity index (χ0v) is 18.7. The van der Waals surface area contributed by atoms with Crippen molar-refractivity contribution < 1.29 is 18.0 Å². The number of nitrogens with one attached hydrogen (secondary N) is 2. The van der Waals surface area contributed by atoms with Crippen molar-refractivity contribution in [2.45, 2.75) is 50.1 Å². The Morgan fingerprint density at radius 1 is 1.00 bits per heavy atom. The summed E-state index contributed by atoms with van der Waals surface area (Å²) in [7, 11) is -3.73. The van der Waals surface area contributed by atoms with Crippen molar-refractivity contribution in [3.8, 4) is 0 Å². The average molecular weight is 444 g/mol. The third-order valence-electron chi connectivity index (χ3n) is 5.10. The maximum absolute atomic E-state index is 13.1. The molecule has 0 aliphatic carbocycles. The monoisotopic (exact) mass is 443 g/mol. The van der Waals surface area contributed by atoms with Gasteiger partial charge in [-0.15, -0.1) is 0 Å². The molecule has 1 atom stereocenters. The number of nitrogens with zero attached hydrogens (tertiary/aromatic N) is 1. The molecule has 1 fully saturated rings. The average Bonchev–Trinajstić information content (AvgIpc) is 3.27. The van der Waals surface area contributed by atoms with Crippen LogP contribution in [0.15, 0.2) is 59.5 Å². The quantitative estimate of drug-likeness (QED) is 0.655. The van der Waals surface area contributed by atoms with Crippen LogP contribution in [0.5, 0.6) is 0 Å². The molecule has 166 valence electrons. The van der Waals surface area contributed by atoms with E-state index < -0.39 is 22.0 Å². The number of benzene rings is 2. The number of hydrogen-bond donors (Lipinski definition) is 2. The van der Waals surface area contributed by atoms with Crippen molar-refractivity contribution in [1.82, 2.24) is 14.9 Å². The van der Waals surface area contributed by atoms with E-state index in [0.29, 0.717) is 19.5 Å². The molecule has 1 aliphatic heterocycles. The molecule has 2 aromatic carbocycles. The highest BCUT2D eigenvalue weighted by Crippen LogP contribution is 2.15. The number of carbonyl (C=O) groups is 2. The minimum Gasteiger partial charge on any atom is -0.341 e. The fraction of sp³-hybridized carbons (Fsp3) is 0.391. The second-order valence-electron chi connectivity index (χ2n) is 8.05. The molecule has 1 heterocycles. The second-order valence-corrected chi connectivity index (χ2v) is 9.77. The van der Waals surface area contributed by atoms with Gasteiger partial charge in [-0.3, -0.25) is 9.59 Å². The van der Waals surface area contributed by atoms with E-state index in [1.165, 1.54) is 18.2 Å². The van der Waals surface area contributed by atoms with Gasteiger partial charge in [0.15, 0.2) is 0 Å². The second kappa shape index (κ2) is 10.1. The molecule has 0 radical (unpaired) electrons. The molecule has 0 bridgehead atoms. The minimum atomic E-state index is -3.73. The molecule has 8 heteroatoms. The smallest absolute Gasteiger partial charge is 0.251 e. The van der Waals surface area contributed by atoms with Gasteiger partial charge in [-0.2, -0.15) is 0 Å². The van der Waals surface area contributed by atoms with Gasteiger partial charge in [-0.05, 0) is 50.5 Å². The third-order valence-corrected chi connectivity index (χ3v) is 6.76. The molecule has 3 rings (SSSR count). The lowest BCUT2D eigenvalue weighted by atomic mass is 10.0. The van der Waals surface area contributed by atoms with Crippen LogP contribution in [0.3, 0.4) is 0 Å². The molecule has 1 saturated heterocycles. The largest absolute Gasteiger partial charge is 0.341 e. The van der Waals surface area contributed by atoms with E-state index in [4.69, 9.17) is 0 Å². The predicted molar refractivity (Wildman–Crippen MR) is 119 cm³/mol. The molecular weight excluding hydrogens is 414 g/mol. The van der Waals surface area contributed by atoms with Crippen LogP contribution in [-0.2, 0) is 21.2 Å². The van der Waals surface area contributed by atoms with Gasteiger partial charge in [0.25, 0.3) is 5.91 Å². The Labute approximate surface area is 183 Å². The van der Waals surface area contributed by atoms with E-state index in [2.05, 4.69) is 10.0 Å². The summed E-state index contributed by atoms with van der Waals surface area (Å²) in [5, 5.41) is 2.83. The normalized spacial score (nSPS) is 15.1. The number of sulfonamides is 1. The molecule has 7 nitrogen and oxygen atoms in total. The van der Waals surface area contributed by atoms with Crippen molar-refractivity contribution in [3.63, 3.8) is 0 Å². The van der Waals surface area contributed by atoms with Crippen LogP contribution in [0.1, 0.15) is 42.6 Å². The Morgan fingerprint density at radius 3 is 2.32 bits per heavy atom. The summed E-state index contributed by atoms with van der Waals surface area (Å²) >= 11 is 0. The molecule has 2 amide bonds. The lowest BCUT2D eigenvalue weighted by Crippen LogP contribution is -2.49. The highest BCUT2D eigenvalue weighted by atomic mass is 32.2. The fourth-order valence-electron chi connectivity index (χ4n) is 3.63. The topological polar surface area (TPSA) is 95.6 Å². The Hall–Kier alpha value is -2.71. The van der Waals surface area contributed by atoms with Crippen LogP contribution in [0.25, 0.3) is 0 Å². The fourth-order valence-corrected chi connectivity index (χ4v) is 4.93. The Morgan fingerprint density at radius 2 is 1.68 bits per heavy atom. The van der Waals surface area contributed by atoms with Crippen molar-refractivity contribution >= 4 is 21.8 Å². The van der Waals surface area contributed by atoms with Crippen LogP contribution in [0, 0.1) is 0 Å². The molecule has 0 spiro atoms. The van der Waals surface area contributed by atoms with Gasteiger partial charge in [0, 0.05) is 31.1 Å². The van der Waals surface area contributed by atoms with Gasteiger partial charge >= 0.3 is 0 Å². The highest BCUT2D eigenvalue weighted by molar-refractivity contribution is 7.89. The first-order chi connectivity index (χ1) is 14.8. The van der Waals surface area contributed by atoms with Crippen molar-refractivity contribution in [2.24, 2.45) is 0 Å². The van der Waals surface area contributed by atoms with Crippen LogP contribution in [0.4, 0.5) is 0 Å². The van der Waals surface area contributed by atoms with E-state index in [1.54, 1.807) is 24.8 Å². The first-order valence-electron chi connectivity index (χ1n) is 10.5. The Bertz CT molecular complexity index is 1020. The van der Waals surface area contributed by atoms with Crippen LogP contribution in [0.2, 0.25) is 0 Å². The maximum Gasteiger partial charge on any atom is 0.251 e. The molecule has 0 saturated carbocycles. The molecule has 2 aromatic rings. The summed E-state index contributed by atoms with van der Waals surface area (Å²) < 4.78 is 27.4. The summed E-state index contributed by atoms with van der Waals surface area (Å²) in [6.07, 6.45) is 2.29. The van der Waals surface area contributed by atoms with E-state index in [0.717, 1.165) is 18.4 Å². The lowest BCUT2D eigenvalue weighted by Gasteiger charge is -2.24. The molecule has 31 heavy (non-hydrogen) atoms. The zero-order valence-electron chi connectivity index (χ0n) is 17.9. The third kappa shape index (κ3) is 6.15. The van der Waals surface area contributed by atoms with E-state index >= 15 is 0 Å². The first-order valence-corrected chi connectivity index (χ1v) is 12.0. The summed E-state index contributed by atoms with van der Waals surface area (Å²) in [6.45, 7) is 4.84. The maximum atomic E-state index is 13.1. The summed E-state index contributed by atoms with van der Waals surface area (Å²) in [5.74, 6) is -0.588. The van der Waals surface area contributed by atoms with Crippen molar-refractivity contribution in [1.29, 1.82) is 0 Å². The first kappa shape index (κ1) is 23.0. The SMILES string of the molecule is CC(C)NS(=O)(=O)c1cccc(C(=O)N[C@H](Cc2ccccc2)C(=O)N2CCCC2)c1. The molecule has 0 aromatic heterocycles. The lowest BCUT2D eigenvalue weighted by molar-refractivity contribution is -0.132. The summed E-state index contributed by atoms with van der Waals surface area (Å²) in [4.78, 5) is 27.8. The van der Waals surface area contributed by atoms with Gasteiger partial charge in [0.2, 0.25) is 15.9 Å². The highest BCUT2D eigenvalue weighted by Gasteiger charge is 2.28. The number of likely N-dealkylation sites (tertiary alicyclic amines) is 1. The van der Waals surface area contributed by atoms with Gasteiger partial charge in [-0.1, -0.05) is 36.4 Å². The van der Waals surface area contributed by atoms with E-state index in [9.17, 15) is 18.0 Å². The molecule has 1 aliphatic rings. The Kier molecular flexibility index (Phi) is 7.46. The van der Waals surface area contributed by atoms with E-state index in [1.807, 2.05) is 30.3 Å². The summed E-state index contributed by atoms with van der Waals surface area (Å²) in [6, 6.07) is 14.4. The molecule has 2 N–H and O–H groups in total. The summed E-state index contributed by atoms with van der Waals surface area (Å²) in [5.41, 5.74) is 1.14. The van der Waals surface area contributed by atoms with Crippen molar-refractivity contribution in [3.05, 3.63) is 65.7 Å². The minimum absolute atomic E-state index is 0.0133. The standard InChI is InChI=1S/C23H29N3O4S/c1-17(2)25-31(29,30)20-12-8-11-19(16-20)22(27)24-21(15-18-9-4-3-5-10-18)23(28)26-13-6-7-14-26/h3-5,8-12,16-17,21,25H,6-7,13-15H2,1-2H3,(H,24,27)/t21-/m1/s1. The van der Waals surface area contributed by atoms with Gasteiger partial charge < -0.3 is 10.2 Å². The number of rotatable bonds is 8. The van der Waals surface area contributed by atoms with Gasteiger partial charge in [-0.25, -0.2) is 13.1 Å². The number of hydrogen-bond acceptors (Lipinski definition) is 4. The van der Waals surface area contributed by atoms with Gasteiger partial charge in [0.05, 0.1) is 4.90 Å². The van der Waals surface area contributed by atoms with Crippen LogP contribution < -0.4 is 10.0 Å². The van der Waals surface area contributed by atoms with Gasteiger partial charge in [0.1, 0.15) is 6.04 Å². The predicted octanol–water partition coefficient (Wildman–Crippen LogP) is 2.34. The number of carbonyl (C=O) groups excluding carboxylic acids is 2. The van der Waals surface area contributed by atoms with Crippen LogP contribution >= 0.6 is 0 Å². The Balaban J connectivity index is 1.81. The zero-order chi connectivity index (χ0) is 22.4.